The van der Waals surface area contributed by atoms with Gasteiger partial charge in [-0.25, -0.2) is 4.98 Å². The molecule has 0 unspecified atom stereocenters. The molecule has 0 bridgehead atoms. The predicted octanol–water partition coefficient (Wildman–Crippen LogP) is 2.92. The summed E-state index contributed by atoms with van der Waals surface area (Å²) in [6.45, 7) is 0. The molecule has 5 heteroatoms. The van der Waals surface area contributed by atoms with Crippen molar-refractivity contribution in [3.63, 3.8) is 0 Å². The fourth-order valence-corrected chi connectivity index (χ4v) is 1.27. The van der Waals surface area contributed by atoms with Crippen LogP contribution < -0.4 is 0 Å². The van der Waals surface area contributed by atoms with Crippen molar-refractivity contribution in [2.24, 2.45) is 0 Å². The number of pyridine rings is 1. The van der Waals surface area contributed by atoms with Crippen LogP contribution in [-0.4, -0.2) is 9.68 Å². The lowest BCUT2D eigenvalue weighted by atomic mass is 10.3. The molecule has 1 rings (SSSR count). The Morgan fingerprint density at radius 1 is 1.36 bits per heavy atom. The number of hydrogen-bond acceptors (Lipinski definition) is 2. The van der Waals surface area contributed by atoms with E-state index in [9.17, 15) is 4.79 Å². The molecule has 0 fully saturated rings. The fourth-order valence-electron chi connectivity index (χ4n) is 0.578. The number of carbonyl (C=O) groups excluding carboxylic acids is 1. The van der Waals surface area contributed by atoms with Crippen molar-refractivity contribution >= 4 is 43.8 Å². The largest absolute Gasteiger partial charge is 0.281 e. The average Bonchev–Trinajstić information content (AvgIpc) is 1.85. The van der Waals surface area contributed by atoms with E-state index in [-0.39, 0.29) is 15.0 Å². The van der Waals surface area contributed by atoms with E-state index in [2.05, 4.69) is 20.9 Å². The van der Waals surface area contributed by atoms with Gasteiger partial charge in [-0.15, -0.1) is 0 Å². The van der Waals surface area contributed by atoms with Gasteiger partial charge in [0.05, 0.1) is 0 Å². The Balaban J connectivity index is 3.19. The smallest absolute Gasteiger partial charge is 0.228 e. The topological polar surface area (TPSA) is 30.0 Å². The van der Waals surface area contributed by atoms with E-state index in [4.69, 9.17) is 23.2 Å². The van der Waals surface area contributed by atoms with Crippen molar-refractivity contribution in [1.82, 2.24) is 4.98 Å². The van der Waals surface area contributed by atoms with E-state index >= 15 is 0 Å². The van der Waals surface area contributed by atoms with Crippen molar-refractivity contribution in [3.05, 3.63) is 28.0 Å². The highest BCUT2D eigenvalue weighted by molar-refractivity contribution is 9.18. The molecule has 0 atom stereocenters. The van der Waals surface area contributed by atoms with Crippen LogP contribution in [0.2, 0.25) is 10.3 Å². The molecule has 58 valence electrons. The van der Waals surface area contributed by atoms with Crippen molar-refractivity contribution in [2.45, 2.75) is 0 Å². The highest BCUT2D eigenvalue weighted by Gasteiger charge is 2.04. The molecule has 0 radical (unpaired) electrons. The molecule has 0 amide bonds. The zero-order valence-corrected chi connectivity index (χ0v) is 8.24. The molecule has 1 aromatic rings. The van der Waals surface area contributed by atoms with Crippen LogP contribution in [0.4, 0.5) is 0 Å². The Hall–Kier alpha value is -0.120. The summed E-state index contributed by atoms with van der Waals surface area (Å²) in [5, 5.41) is 0.417. The van der Waals surface area contributed by atoms with Crippen LogP contribution in [0.3, 0.4) is 0 Å². The van der Waals surface area contributed by atoms with Gasteiger partial charge in [0.1, 0.15) is 10.3 Å². The molecule has 0 saturated heterocycles. The molecule has 0 aliphatic heterocycles. The summed E-state index contributed by atoms with van der Waals surface area (Å²) in [6, 6.07) is 2.87. The first-order valence-electron chi connectivity index (χ1n) is 2.62. The summed E-state index contributed by atoms with van der Waals surface area (Å²) in [7, 11) is 0. The molecule has 11 heavy (non-hydrogen) atoms. The molecule has 2 nitrogen and oxygen atoms in total. The summed E-state index contributed by atoms with van der Waals surface area (Å²) in [5.74, 6) is 0. The standard InChI is InChI=1S/C6H2BrCl2NO/c7-6(11)3-1-4(8)10-5(9)2-3/h1-2H. The van der Waals surface area contributed by atoms with Crippen molar-refractivity contribution in [2.75, 3.05) is 0 Å². The summed E-state index contributed by atoms with van der Waals surface area (Å²) in [5.41, 5.74) is 0.398. The normalized spacial score (nSPS) is 9.73. The SMILES string of the molecule is O=C(Br)c1cc(Cl)nc(Cl)c1. The first-order chi connectivity index (χ1) is 5.09. The lowest BCUT2D eigenvalue weighted by molar-refractivity contribution is 0.109. The Morgan fingerprint density at radius 2 is 1.82 bits per heavy atom. The molecular formula is C6H2BrCl2NO. The number of rotatable bonds is 1. The minimum atomic E-state index is -0.260. The maximum Gasteiger partial charge on any atom is 0.228 e. The van der Waals surface area contributed by atoms with Gasteiger partial charge in [0.25, 0.3) is 0 Å². The maximum atomic E-state index is 10.7. The average molecular weight is 255 g/mol. The van der Waals surface area contributed by atoms with E-state index in [1.165, 1.54) is 12.1 Å². The van der Waals surface area contributed by atoms with Crippen molar-refractivity contribution in [3.8, 4) is 0 Å². The second kappa shape index (κ2) is 3.52. The van der Waals surface area contributed by atoms with E-state index in [0.717, 1.165) is 0 Å². The predicted molar refractivity (Wildman–Crippen MR) is 47.5 cm³/mol. The van der Waals surface area contributed by atoms with E-state index < -0.39 is 0 Å². The van der Waals surface area contributed by atoms with Crippen LogP contribution in [-0.2, 0) is 0 Å². The minimum absolute atomic E-state index is 0.209. The monoisotopic (exact) mass is 253 g/mol. The number of nitrogens with zero attached hydrogens (tertiary/aromatic N) is 1. The first kappa shape index (κ1) is 8.97. The van der Waals surface area contributed by atoms with Gasteiger partial charge in [0.15, 0.2) is 0 Å². The third-order valence-electron chi connectivity index (χ3n) is 0.990. The van der Waals surface area contributed by atoms with Gasteiger partial charge in [0.2, 0.25) is 4.69 Å². The highest BCUT2D eigenvalue weighted by atomic mass is 79.9. The van der Waals surface area contributed by atoms with Crippen molar-refractivity contribution < 1.29 is 4.79 Å². The maximum absolute atomic E-state index is 10.7. The van der Waals surface area contributed by atoms with E-state index in [1.807, 2.05) is 0 Å². The van der Waals surface area contributed by atoms with Gasteiger partial charge >= 0.3 is 0 Å². The zero-order valence-electron chi connectivity index (χ0n) is 5.14. The van der Waals surface area contributed by atoms with Gasteiger partial charge in [-0.2, -0.15) is 0 Å². The third kappa shape index (κ3) is 2.43. The zero-order chi connectivity index (χ0) is 8.43. The molecule has 0 spiro atoms. The quantitative estimate of drug-likeness (QED) is 0.570. The molecule has 0 aliphatic carbocycles. The molecule has 1 heterocycles. The van der Waals surface area contributed by atoms with Crippen LogP contribution >= 0.6 is 39.1 Å². The van der Waals surface area contributed by atoms with Gasteiger partial charge in [-0.05, 0) is 28.1 Å². The Labute approximate surface area is 81.7 Å². The van der Waals surface area contributed by atoms with Crippen LogP contribution in [0.1, 0.15) is 10.4 Å². The van der Waals surface area contributed by atoms with Gasteiger partial charge < -0.3 is 0 Å². The lowest BCUT2D eigenvalue weighted by Gasteiger charge is -1.94. The summed E-state index contributed by atoms with van der Waals surface area (Å²) in [6.07, 6.45) is 0. The van der Waals surface area contributed by atoms with E-state index in [0.29, 0.717) is 5.56 Å². The van der Waals surface area contributed by atoms with Crippen LogP contribution in [0, 0.1) is 0 Å². The minimum Gasteiger partial charge on any atom is -0.281 e. The summed E-state index contributed by atoms with van der Waals surface area (Å²) < 4.78 is -0.260. The van der Waals surface area contributed by atoms with Gasteiger partial charge in [0, 0.05) is 5.56 Å². The Kier molecular flexibility index (Phi) is 2.87. The lowest BCUT2D eigenvalue weighted by Crippen LogP contribution is -1.89. The van der Waals surface area contributed by atoms with Crippen LogP contribution in [0.5, 0.6) is 0 Å². The molecule has 0 aliphatic rings. The number of halogens is 3. The summed E-state index contributed by atoms with van der Waals surface area (Å²) in [4.78, 5) is 14.4. The van der Waals surface area contributed by atoms with Crippen LogP contribution in [0.15, 0.2) is 12.1 Å². The second-order valence-corrected chi connectivity index (χ2v) is 3.27. The fraction of sp³-hybridized carbons (Fsp3) is 0. The van der Waals surface area contributed by atoms with Crippen LogP contribution in [0.25, 0.3) is 0 Å². The summed E-state index contributed by atoms with van der Waals surface area (Å²) >= 11 is 13.8. The second-order valence-electron chi connectivity index (χ2n) is 1.77. The molecule has 1 aromatic heterocycles. The molecule has 0 saturated carbocycles. The highest BCUT2D eigenvalue weighted by Crippen LogP contribution is 2.16. The molecular weight excluding hydrogens is 253 g/mol. The van der Waals surface area contributed by atoms with Gasteiger partial charge in [-0.3, -0.25) is 4.79 Å². The Bertz CT molecular complexity index is 282. The number of aromatic nitrogens is 1. The number of carbonyl (C=O) groups is 1. The first-order valence-corrected chi connectivity index (χ1v) is 4.17. The third-order valence-corrected chi connectivity index (χ3v) is 1.83. The molecule has 0 N–H and O–H groups in total. The van der Waals surface area contributed by atoms with Gasteiger partial charge in [-0.1, -0.05) is 23.2 Å². The van der Waals surface area contributed by atoms with E-state index in [1.54, 1.807) is 0 Å². The Morgan fingerprint density at radius 3 is 2.18 bits per heavy atom. The number of hydrogen-bond donors (Lipinski definition) is 0. The van der Waals surface area contributed by atoms with Crippen molar-refractivity contribution in [1.29, 1.82) is 0 Å². The molecule has 0 aromatic carbocycles.